The van der Waals surface area contributed by atoms with Crippen LogP contribution in [-0.2, 0) is 0 Å². The van der Waals surface area contributed by atoms with Gasteiger partial charge in [0.05, 0.1) is 3.79 Å². The Kier molecular flexibility index (Phi) is 3.61. The Hall–Kier alpha value is -0.780. The lowest BCUT2D eigenvalue weighted by molar-refractivity contribution is 0.219. The number of hydrogen-bond donors (Lipinski definition) is 1. The predicted molar refractivity (Wildman–Crippen MR) is 67.2 cm³/mol. The number of aliphatic hydroxyl groups is 1. The highest BCUT2D eigenvalue weighted by atomic mass is 79.9. The molecular formula is C12H9BrF2OS. The van der Waals surface area contributed by atoms with Gasteiger partial charge < -0.3 is 5.11 Å². The summed E-state index contributed by atoms with van der Waals surface area (Å²) < 4.78 is 27.0. The van der Waals surface area contributed by atoms with Crippen LogP contribution in [-0.4, -0.2) is 5.11 Å². The Morgan fingerprint density at radius 1 is 1.18 bits per heavy atom. The second-order valence-electron chi connectivity index (χ2n) is 3.67. The van der Waals surface area contributed by atoms with Gasteiger partial charge in [-0.3, -0.25) is 0 Å². The zero-order valence-electron chi connectivity index (χ0n) is 8.88. The van der Waals surface area contributed by atoms with Crippen molar-refractivity contribution in [3.05, 3.63) is 55.7 Å². The lowest BCUT2D eigenvalue weighted by atomic mass is 10.0. The third kappa shape index (κ3) is 2.73. The van der Waals surface area contributed by atoms with Crippen molar-refractivity contribution in [3.8, 4) is 0 Å². The molecular weight excluding hydrogens is 310 g/mol. The minimum Gasteiger partial charge on any atom is -0.384 e. The molecule has 0 aliphatic carbocycles. The van der Waals surface area contributed by atoms with Gasteiger partial charge in [0.15, 0.2) is 0 Å². The predicted octanol–water partition coefficient (Wildman–Crippen LogP) is 4.18. The second-order valence-corrected chi connectivity index (χ2v) is 6.30. The van der Waals surface area contributed by atoms with Gasteiger partial charge in [-0.25, -0.2) is 8.78 Å². The molecule has 1 nitrogen and oxygen atoms in total. The Balaban J connectivity index is 2.43. The third-order valence-electron chi connectivity index (χ3n) is 2.42. The van der Waals surface area contributed by atoms with E-state index in [1.807, 2.05) is 6.92 Å². The molecule has 0 fully saturated rings. The molecule has 17 heavy (non-hydrogen) atoms. The van der Waals surface area contributed by atoms with Crippen LogP contribution in [0.4, 0.5) is 8.78 Å². The molecule has 0 bridgehead atoms. The van der Waals surface area contributed by atoms with E-state index in [1.165, 1.54) is 11.3 Å². The molecule has 0 radical (unpaired) electrons. The molecule has 90 valence electrons. The second kappa shape index (κ2) is 4.84. The Morgan fingerprint density at radius 3 is 2.24 bits per heavy atom. The quantitative estimate of drug-likeness (QED) is 0.880. The van der Waals surface area contributed by atoms with Crippen LogP contribution in [0.5, 0.6) is 0 Å². The number of rotatable bonds is 2. The van der Waals surface area contributed by atoms with E-state index in [0.29, 0.717) is 5.56 Å². The van der Waals surface area contributed by atoms with Crippen molar-refractivity contribution >= 4 is 27.3 Å². The van der Waals surface area contributed by atoms with Gasteiger partial charge in [0.2, 0.25) is 0 Å². The monoisotopic (exact) mass is 318 g/mol. The number of halogens is 3. The average molecular weight is 319 g/mol. The maximum atomic E-state index is 13.1. The highest BCUT2D eigenvalue weighted by Crippen LogP contribution is 2.33. The maximum Gasteiger partial charge on any atom is 0.126 e. The molecule has 2 rings (SSSR count). The molecule has 1 unspecified atom stereocenters. The first-order chi connectivity index (χ1) is 7.97. The van der Waals surface area contributed by atoms with Gasteiger partial charge in [-0.05, 0) is 52.2 Å². The minimum absolute atomic E-state index is 0.218. The van der Waals surface area contributed by atoms with Crippen LogP contribution in [0.15, 0.2) is 28.1 Å². The molecule has 5 heteroatoms. The largest absolute Gasteiger partial charge is 0.384 e. The fraction of sp³-hybridized carbons (Fsp3) is 0.167. The van der Waals surface area contributed by atoms with Gasteiger partial charge in [-0.2, -0.15) is 0 Å². The first-order valence-corrected chi connectivity index (χ1v) is 6.48. The molecule has 1 heterocycles. The zero-order chi connectivity index (χ0) is 12.6. The lowest BCUT2D eigenvalue weighted by Crippen LogP contribution is -2.01. The summed E-state index contributed by atoms with van der Waals surface area (Å²) in [4.78, 5) is 0.911. The van der Waals surface area contributed by atoms with Crippen molar-refractivity contribution in [2.24, 2.45) is 0 Å². The highest BCUT2D eigenvalue weighted by molar-refractivity contribution is 9.11. The first-order valence-electron chi connectivity index (χ1n) is 4.87. The van der Waals surface area contributed by atoms with Gasteiger partial charge in [-0.15, -0.1) is 11.3 Å². The standard InChI is InChI=1S/C12H9BrF2OS/c1-6-10(5-11(13)17-6)12(16)7-2-8(14)4-9(15)3-7/h2-5,12,16H,1H3. The summed E-state index contributed by atoms with van der Waals surface area (Å²) in [5.74, 6) is -1.38. The Bertz CT molecular complexity index is 533. The summed E-state index contributed by atoms with van der Waals surface area (Å²) in [6.07, 6.45) is -1.01. The van der Waals surface area contributed by atoms with Crippen LogP contribution in [0.2, 0.25) is 0 Å². The first kappa shape index (κ1) is 12.7. The summed E-state index contributed by atoms with van der Waals surface area (Å²) in [6, 6.07) is 4.82. The summed E-state index contributed by atoms with van der Waals surface area (Å²) in [6.45, 7) is 1.85. The third-order valence-corrected chi connectivity index (χ3v) is 3.99. The van der Waals surface area contributed by atoms with Crippen LogP contribution >= 0.6 is 27.3 Å². The molecule has 0 saturated heterocycles. The summed E-state index contributed by atoms with van der Waals surface area (Å²) in [5.41, 5.74) is 0.878. The van der Waals surface area contributed by atoms with Gasteiger partial charge in [-0.1, -0.05) is 0 Å². The number of hydrogen-bond acceptors (Lipinski definition) is 2. The van der Waals surface area contributed by atoms with Gasteiger partial charge in [0, 0.05) is 10.9 Å². The van der Waals surface area contributed by atoms with Crippen molar-refractivity contribution in [1.29, 1.82) is 0 Å². The number of aryl methyl sites for hydroxylation is 1. The summed E-state index contributed by atoms with van der Waals surface area (Å²) in [5, 5.41) is 10.1. The van der Waals surface area contributed by atoms with Crippen LogP contribution in [0.25, 0.3) is 0 Å². The summed E-state index contributed by atoms with van der Waals surface area (Å²) >= 11 is 4.78. The maximum absolute atomic E-state index is 13.1. The molecule has 0 aliphatic rings. The van der Waals surface area contributed by atoms with E-state index in [9.17, 15) is 13.9 Å². The highest BCUT2D eigenvalue weighted by Gasteiger charge is 2.17. The van der Waals surface area contributed by atoms with Gasteiger partial charge >= 0.3 is 0 Å². The van der Waals surface area contributed by atoms with E-state index >= 15 is 0 Å². The molecule has 0 spiro atoms. The van der Waals surface area contributed by atoms with Gasteiger partial charge in [0.25, 0.3) is 0 Å². The van der Waals surface area contributed by atoms with Gasteiger partial charge in [0.1, 0.15) is 17.7 Å². The molecule has 1 atom stereocenters. The average Bonchev–Trinajstić information content (AvgIpc) is 2.55. The fourth-order valence-corrected chi connectivity index (χ4v) is 3.38. The van der Waals surface area contributed by atoms with E-state index in [4.69, 9.17) is 0 Å². The molecule has 2 aromatic rings. The normalized spacial score (nSPS) is 12.8. The smallest absolute Gasteiger partial charge is 0.126 e. The molecule has 0 saturated carbocycles. The van der Waals surface area contributed by atoms with E-state index in [-0.39, 0.29) is 5.56 Å². The van der Waals surface area contributed by atoms with Crippen LogP contribution < -0.4 is 0 Å². The SMILES string of the molecule is Cc1sc(Br)cc1C(O)c1cc(F)cc(F)c1. The lowest BCUT2D eigenvalue weighted by Gasteiger charge is -2.11. The zero-order valence-corrected chi connectivity index (χ0v) is 11.3. The van der Waals surface area contributed by atoms with E-state index in [0.717, 1.165) is 26.9 Å². The Morgan fingerprint density at radius 2 is 1.76 bits per heavy atom. The molecule has 0 aliphatic heterocycles. The van der Waals surface area contributed by atoms with Crippen molar-refractivity contribution in [1.82, 2.24) is 0 Å². The number of aliphatic hydroxyl groups excluding tert-OH is 1. The molecule has 1 N–H and O–H groups in total. The van der Waals surface area contributed by atoms with Crippen LogP contribution in [0.3, 0.4) is 0 Å². The minimum atomic E-state index is -1.01. The van der Waals surface area contributed by atoms with Crippen molar-refractivity contribution < 1.29 is 13.9 Å². The van der Waals surface area contributed by atoms with Crippen molar-refractivity contribution in [3.63, 3.8) is 0 Å². The van der Waals surface area contributed by atoms with Crippen molar-refractivity contribution in [2.45, 2.75) is 13.0 Å². The molecule has 0 amide bonds. The molecule has 1 aromatic carbocycles. The topological polar surface area (TPSA) is 20.2 Å². The number of thiophene rings is 1. The molecule has 1 aromatic heterocycles. The van der Waals surface area contributed by atoms with E-state index in [2.05, 4.69) is 15.9 Å². The van der Waals surface area contributed by atoms with E-state index < -0.39 is 17.7 Å². The van der Waals surface area contributed by atoms with Crippen LogP contribution in [0, 0.1) is 18.6 Å². The van der Waals surface area contributed by atoms with Crippen molar-refractivity contribution in [2.75, 3.05) is 0 Å². The number of benzene rings is 1. The summed E-state index contributed by atoms with van der Waals surface area (Å²) in [7, 11) is 0. The van der Waals surface area contributed by atoms with E-state index in [1.54, 1.807) is 6.07 Å². The van der Waals surface area contributed by atoms with Crippen LogP contribution in [0.1, 0.15) is 22.1 Å². The fourth-order valence-electron chi connectivity index (χ4n) is 1.64. The Labute approximate surface area is 110 Å².